The Morgan fingerprint density at radius 3 is 2.20 bits per heavy atom. The molecule has 6 heteroatoms. The highest BCUT2D eigenvalue weighted by atomic mass is 32.2. The van der Waals surface area contributed by atoms with Crippen LogP contribution in [-0.4, -0.2) is 49.8 Å². The van der Waals surface area contributed by atoms with Crippen LogP contribution in [0.3, 0.4) is 0 Å². The van der Waals surface area contributed by atoms with Crippen molar-refractivity contribution in [2.24, 2.45) is 0 Å². The van der Waals surface area contributed by atoms with E-state index in [9.17, 15) is 8.42 Å². The summed E-state index contributed by atoms with van der Waals surface area (Å²) in [6.45, 7) is 8.74. The van der Waals surface area contributed by atoms with E-state index in [0.29, 0.717) is 29.7 Å². The zero-order chi connectivity index (χ0) is 14.9. The molecule has 0 unspecified atom stereocenters. The lowest BCUT2D eigenvalue weighted by atomic mass is 10.2. The lowest BCUT2D eigenvalue weighted by Crippen LogP contribution is -2.50. The number of piperazine rings is 1. The molecule has 1 aromatic carbocycles. The van der Waals surface area contributed by atoms with E-state index in [1.165, 1.54) is 6.07 Å². The summed E-state index contributed by atoms with van der Waals surface area (Å²) < 4.78 is 26.8. The maximum absolute atomic E-state index is 12.6. The van der Waals surface area contributed by atoms with Gasteiger partial charge in [0, 0.05) is 37.9 Å². The molecule has 1 aliphatic heterocycles. The molecule has 1 saturated heterocycles. The van der Waals surface area contributed by atoms with E-state index in [0.717, 1.165) is 18.7 Å². The van der Waals surface area contributed by atoms with Crippen LogP contribution in [-0.2, 0) is 10.0 Å². The van der Waals surface area contributed by atoms with Crippen molar-refractivity contribution in [2.45, 2.75) is 31.7 Å². The van der Waals surface area contributed by atoms with E-state index < -0.39 is 10.0 Å². The minimum atomic E-state index is -3.43. The van der Waals surface area contributed by atoms with Crippen LogP contribution in [0.5, 0.6) is 0 Å². The number of nitrogens with zero attached hydrogens (tertiary/aromatic N) is 2. The first-order valence-electron chi connectivity index (χ1n) is 6.92. The molecular weight excluding hydrogens is 274 g/mol. The van der Waals surface area contributed by atoms with Crippen LogP contribution in [0.4, 0.5) is 5.69 Å². The normalized spacial score (nSPS) is 18.6. The molecule has 1 fully saturated rings. The molecule has 0 bridgehead atoms. The fourth-order valence-electron chi connectivity index (χ4n) is 2.53. The van der Waals surface area contributed by atoms with Gasteiger partial charge in [0.15, 0.2) is 0 Å². The van der Waals surface area contributed by atoms with Gasteiger partial charge in [-0.15, -0.1) is 0 Å². The molecule has 0 aliphatic carbocycles. The van der Waals surface area contributed by atoms with E-state index in [-0.39, 0.29) is 0 Å². The fraction of sp³-hybridized carbons (Fsp3) is 0.571. The molecule has 0 amide bonds. The smallest absolute Gasteiger partial charge is 0.243 e. The molecule has 20 heavy (non-hydrogen) atoms. The minimum absolute atomic E-state index is 0.299. The molecule has 1 aliphatic rings. The van der Waals surface area contributed by atoms with Crippen LogP contribution in [0.1, 0.15) is 19.4 Å². The molecule has 1 aromatic rings. The number of hydrogen-bond acceptors (Lipinski definition) is 4. The Hall–Kier alpha value is -1.11. The van der Waals surface area contributed by atoms with E-state index in [1.807, 2.05) is 6.92 Å². The van der Waals surface area contributed by atoms with Crippen LogP contribution < -0.4 is 5.73 Å². The monoisotopic (exact) mass is 297 g/mol. The molecule has 1 heterocycles. The molecule has 0 atom stereocenters. The largest absolute Gasteiger partial charge is 0.399 e. The number of hydrogen-bond donors (Lipinski definition) is 1. The highest BCUT2D eigenvalue weighted by molar-refractivity contribution is 7.89. The van der Waals surface area contributed by atoms with Gasteiger partial charge in [0.2, 0.25) is 10.0 Å². The summed E-state index contributed by atoms with van der Waals surface area (Å²) in [6, 6.07) is 5.45. The van der Waals surface area contributed by atoms with Crippen molar-refractivity contribution in [1.82, 2.24) is 9.21 Å². The number of aryl methyl sites for hydroxylation is 1. The predicted molar refractivity (Wildman–Crippen MR) is 81.1 cm³/mol. The number of sulfonamides is 1. The van der Waals surface area contributed by atoms with Crippen molar-refractivity contribution < 1.29 is 8.42 Å². The van der Waals surface area contributed by atoms with Crippen molar-refractivity contribution in [2.75, 3.05) is 31.9 Å². The summed E-state index contributed by atoms with van der Waals surface area (Å²) in [5.74, 6) is 0. The average Bonchev–Trinajstić information content (AvgIpc) is 2.37. The second-order valence-electron chi connectivity index (χ2n) is 5.61. The number of nitrogens with two attached hydrogens (primary N) is 1. The van der Waals surface area contributed by atoms with Crippen LogP contribution in [0, 0.1) is 6.92 Å². The van der Waals surface area contributed by atoms with E-state index in [4.69, 9.17) is 5.73 Å². The lowest BCUT2D eigenvalue weighted by molar-refractivity contribution is 0.154. The molecule has 5 nitrogen and oxygen atoms in total. The number of benzene rings is 1. The summed E-state index contributed by atoms with van der Waals surface area (Å²) >= 11 is 0. The molecule has 0 radical (unpaired) electrons. The maximum atomic E-state index is 12.6. The first-order chi connectivity index (χ1) is 9.30. The van der Waals surface area contributed by atoms with E-state index in [1.54, 1.807) is 16.4 Å². The van der Waals surface area contributed by atoms with Crippen LogP contribution in [0.25, 0.3) is 0 Å². The van der Waals surface area contributed by atoms with Crippen molar-refractivity contribution in [1.29, 1.82) is 0 Å². The average molecular weight is 297 g/mol. The van der Waals surface area contributed by atoms with Crippen molar-refractivity contribution in [3.05, 3.63) is 23.8 Å². The first-order valence-corrected chi connectivity index (χ1v) is 8.36. The summed E-state index contributed by atoms with van der Waals surface area (Å²) in [7, 11) is -3.43. The Morgan fingerprint density at radius 1 is 1.10 bits per heavy atom. The number of anilines is 1. The third-order valence-corrected chi connectivity index (χ3v) is 5.59. The molecule has 0 saturated carbocycles. The Morgan fingerprint density at radius 2 is 1.70 bits per heavy atom. The summed E-state index contributed by atoms with van der Waals surface area (Å²) in [5.41, 5.74) is 7.11. The van der Waals surface area contributed by atoms with Gasteiger partial charge in [0.25, 0.3) is 0 Å². The molecule has 112 valence electrons. The molecule has 2 N–H and O–H groups in total. The highest BCUT2D eigenvalue weighted by Crippen LogP contribution is 2.21. The van der Waals surface area contributed by atoms with Crippen LogP contribution >= 0.6 is 0 Å². The predicted octanol–water partition coefficient (Wildman–Crippen LogP) is 1.29. The van der Waals surface area contributed by atoms with Gasteiger partial charge in [-0.05, 0) is 44.5 Å². The Balaban J connectivity index is 2.19. The Kier molecular flexibility index (Phi) is 4.36. The lowest BCUT2D eigenvalue weighted by Gasteiger charge is -2.36. The molecule has 0 aromatic heterocycles. The number of rotatable bonds is 3. The summed E-state index contributed by atoms with van der Waals surface area (Å²) in [5, 5.41) is 0. The highest BCUT2D eigenvalue weighted by Gasteiger charge is 2.29. The van der Waals surface area contributed by atoms with Gasteiger partial charge in [-0.2, -0.15) is 4.31 Å². The second-order valence-corrected chi connectivity index (χ2v) is 7.55. The second kappa shape index (κ2) is 5.71. The van der Waals surface area contributed by atoms with Crippen molar-refractivity contribution in [3.8, 4) is 0 Å². The van der Waals surface area contributed by atoms with E-state index >= 15 is 0 Å². The molecular formula is C14H23N3O2S. The zero-order valence-corrected chi connectivity index (χ0v) is 13.2. The van der Waals surface area contributed by atoms with Crippen LogP contribution in [0.15, 0.2) is 23.1 Å². The summed E-state index contributed by atoms with van der Waals surface area (Å²) in [6.07, 6.45) is 0. The third-order valence-electron chi connectivity index (χ3n) is 3.71. The first kappa shape index (κ1) is 15.3. The quantitative estimate of drug-likeness (QED) is 0.854. The maximum Gasteiger partial charge on any atom is 0.243 e. The van der Waals surface area contributed by atoms with Gasteiger partial charge in [-0.25, -0.2) is 8.42 Å². The van der Waals surface area contributed by atoms with Crippen molar-refractivity contribution in [3.63, 3.8) is 0 Å². The summed E-state index contributed by atoms with van der Waals surface area (Å²) in [4.78, 5) is 2.59. The Bertz CT molecular complexity index is 556. The van der Waals surface area contributed by atoms with Crippen molar-refractivity contribution >= 4 is 15.7 Å². The third kappa shape index (κ3) is 3.13. The van der Waals surface area contributed by atoms with Crippen LogP contribution in [0.2, 0.25) is 0 Å². The Labute approximate surface area is 121 Å². The van der Waals surface area contributed by atoms with Gasteiger partial charge < -0.3 is 5.73 Å². The van der Waals surface area contributed by atoms with Gasteiger partial charge in [0.1, 0.15) is 0 Å². The van der Waals surface area contributed by atoms with E-state index in [2.05, 4.69) is 18.7 Å². The van der Waals surface area contributed by atoms with Gasteiger partial charge in [-0.3, -0.25) is 4.90 Å². The topological polar surface area (TPSA) is 66.6 Å². The number of nitrogen functional groups attached to an aromatic ring is 1. The fourth-order valence-corrected chi connectivity index (χ4v) is 4.10. The molecule has 2 rings (SSSR count). The molecule has 0 spiro atoms. The zero-order valence-electron chi connectivity index (χ0n) is 12.3. The van der Waals surface area contributed by atoms with Gasteiger partial charge in [-0.1, -0.05) is 0 Å². The van der Waals surface area contributed by atoms with Gasteiger partial charge in [0.05, 0.1) is 4.90 Å². The van der Waals surface area contributed by atoms with Gasteiger partial charge >= 0.3 is 0 Å². The minimum Gasteiger partial charge on any atom is -0.399 e. The standard InChI is InChI=1S/C14H23N3O2S/c1-11(2)16-4-6-17(7-5-16)20(18,19)14-9-12(3)8-13(15)10-14/h8-11H,4-7,15H2,1-3H3. The SMILES string of the molecule is Cc1cc(N)cc(S(=O)(=O)N2CCN(C(C)C)CC2)c1.